The standard InChI is InChI=1S/C13H18N4OS/c1-4-9-5-6-10(19-9)7-15-13(18)12-11(14)8(2)16-17(12)3/h5-6H,4,7,14H2,1-3H3,(H,15,18). The van der Waals surface area contributed by atoms with Gasteiger partial charge in [0.25, 0.3) is 5.91 Å². The highest BCUT2D eigenvalue weighted by atomic mass is 32.1. The lowest BCUT2D eigenvalue weighted by atomic mass is 10.3. The molecule has 1 amide bonds. The number of nitrogen functional groups attached to an aromatic ring is 1. The maximum absolute atomic E-state index is 12.1. The molecule has 0 fully saturated rings. The first-order chi connectivity index (χ1) is 9.02. The Morgan fingerprint density at radius 1 is 1.47 bits per heavy atom. The van der Waals surface area contributed by atoms with Crippen molar-refractivity contribution in [2.45, 2.75) is 26.8 Å². The van der Waals surface area contributed by atoms with Crippen LogP contribution in [0, 0.1) is 6.92 Å². The number of nitrogens with zero attached hydrogens (tertiary/aromatic N) is 2. The lowest BCUT2D eigenvalue weighted by Gasteiger charge is -2.05. The van der Waals surface area contributed by atoms with Crippen LogP contribution < -0.4 is 11.1 Å². The molecule has 0 bridgehead atoms. The number of amides is 1. The van der Waals surface area contributed by atoms with Gasteiger partial charge < -0.3 is 11.1 Å². The van der Waals surface area contributed by atoms with Gasteiger partial charge in [-0.15, -0.1) is 11.3 Å². The van der Waals surface area contributed by atoms with Crippen molar-refractivity contribution in [2.75, 3.05) is 5.73 Å². The predicted octanol–water partition coefficient (Wildman–Crippen LogP) is 1.86. The number of rotatable bonds is 4. The van der Waals surface area contributed by atoms with E-state index in [0.29, 0.717) is 23.6 Å². The van der Waals surface area contributed by atoms with Gasteiger partial charge in [-0.2, -0.15) is 5.10 Å². The first kappa shape index (κ1) is 13.6. The van der Waals surface area contributed by atoms with Crippen LogP contribution in [0.2, 0.25) is 0 Å². The number of thiophene rings is 1. The molecule has 2 aromatic heterocycles. The summed E-state index contributed by atoms with van der Waals surface area (Å²) in [6.07, 6.45) is 1.02. The smallest absolute Gasteiger partial charge is 0.271 e. The van der Waals surface area contributed by atoms with Crippen molar-refractivity contribution < 1.29 is 4.79 Å². The quantitative estimate of drug-likeness (QED) is 0.896. The molecule has 5 nitrogen and oxygen atoms in total. The van der Waals surface area contributed by atoms with Crippen LogP contribution in [0.25, 0.3) is 0 Å². The van der Waals surface area contributed by atoms with E-state index in [1.807, 2.05) is 6.07 Å². The topological polar surface area (TPSA) is 72.9 Å². The van der Waals surface area contributed by atoms with E-state index in [1.165, 1.54) is 9.56 Å². The molecule has 0 unspecified atom stereocenters. The molecule has 0 radical (unpaired) electrons. The Balaban J connectivity index is 2.05. The lowest BCUT2D eigenvalue weighted by molar-refractivity contribution is 0.0943. The number of nitrogens with two attached hydrogens (primary N) is 1. The third-order valence-electron chi connectivity index (χ3n) is 2.97. The van der Waals surface area contributed by atoms with Crippen molar-refractivity contribution in [1.29, 1.82) is 0 Å². The Morgan fingerprint density at radius 2 is 2.16 bits per heavy atom. The van der Waals surface area contributed by atoms with Gasteiger partial charge in [0.2, 0.25) is 0 Å². The van der Waals surface area contributed by atoms with Crippen LogP contribution in [0.5, 0.6) is 0 Å². The van der Waals surface area contributed by atoms with Crippen molar-refractivity contribution in [3.63, 3.8) is 0 Å². The zero-order valence-corrected chi connectivity index (χ0v) is 12.2. The van der Waals surface area contributed by atoms with Crippen molar-refractivity contribution in [2.24, 2.45) is 7.05 Å². The molecule has 0 aliphatic carbocycles. The minimum atomic E-state index is -0.188. The van der Waals surface area contributed by atoms with Crippen LogP contribution in [-0.4, -0.2) is 15.7 Å². The van der Waals surface area contributed by atoms with Crippen LogP contribution in [0.4, 0.5) is 5.69 Å². The van der Waals surface area contributed by atoms with Gasteiger partial charge in [0, 0.05) is 16.8 Å². The zero-order valence-electron chi connectivity index (χ0n) is 11.4. The largest absolute Gasteiger partial charge is 0.395 e. The Kier molecular flexibility index (Phi) is 3.90. The van der Waals surface area contributed by atoms with Gasteiger partial charge in [-0.3, -0.25) is 9.48 Å². The average Bonchev–Trinajstić information content (AvgIpc) is 2.93. The van der Waals surface area contributed by atoms with Crippen LogP contribution in [0.3, 0.4) is 0 Å². The Labute approximate surface area is 116 Å². The Morgan fingerprint density at radius 3 is 2.68 bits per heavy atom. The normalized spacial score (nSPS) is 10.7. The molecule has 3 N–H and O–H groups in total. The molecule has 0 atom stereocenters. The molecule has 0 spiro atoms. The molecule has 2 aromatic rings. The van der Waals surface area contributed by atoms with E-state index in [-0.39, 0.29) is 5.91 Å². The summed E-state index contributed by atoms with van der Waals surface area (Å²) in [6, 6.07) is 4.14. The average molecular weight is 278 g/mol. The van der Waals surface area contributed by atoms with Gasteiger partial charge in [0.05, 0.1) is 17.9 Å². The number of nitrogens with one attached hydrogen (secondary N) is 1. The molecule has 102 valence electrons. The van der Waals surface area contributed by atoms with Crippen LogP contribution in [0.1, 0.15) is 32.9 Å². The number of carbonyl (C=O) groups excluding carboxylic acids is 1. The first-order valence-corrected chi connectivity index (χ1v) is 6.99. The molecule has 6 heteroatoms. The number of aryl methyl sites for hydroxylation is 3. The van der Waals surface area contributed by atoms with Gasteiger partial charge in [0.15, 0.2) is 0 Å². The number of hydrogen-bond donors (Lipinski definition) is 2. The van der Waals surface area contributed by atoms with E-state index in [0.717, 1.165) is 11.3 Å². The maximum atomic E-state index is 12.1. The molecule has 0 aliphatic heterocycles. The fraction of sp³-hybridized carbons (Fsp3) is 0.385. The summed E-state index contributed by atoms with van der Waals surface area (Å²) in [7, 11) is 1.72. The molecule has 0 saturated carbocycles. The second-order valence-corrected chi connectivity index (χ2v) is 5.63. The zero-order chi connectivity index (χ0) is 14.0. The molecule has 0 aliphatic rings. The maximum Gasteiger partial charge on any atom is 0.271 e. The first-order valence-electron chi connectivity index (χ1n) is 6.17. The summed E-state index contributed by atoms with van der Waals surface area (Å²) in [6.45, 7) is 4.43. The van der Waals surface area contributed by atoms with Gasteiger partial charge in [-0.1, -0.05) is 6.92 Å². The molecule has 2 heterocycles. The minimum Gasteiger partial charge on any atom is -0.395 e. The summed E-state index contributed by atoms with van der Waals surface area (Å²) in [5, 5.41) is 7.02. The second kappa shape index (κ2) is 5.44. The van der Waals surface area contributed by atoms with Crippen LogP contribution in [0.15, 0.2) is 12.1 Å². The number of anilines is 1. The SMILES string of the molecule is CCc1ccc(CNC(=O)c2c(N)c(C)nn2C)s1. The van der Waals surface area contributed by atoms with E-state index in [1.54, 1.807) is 25.3 Å². The fourth-order valence-corrected chi connectivity index (χ4v) is 2.80. The molecule has 19 heavy (non-hydrogen) atoms. The van der Waals surface area contributed by atoms with Crippen molar-refractivity contribution in [1.82, 2.24) is 15.1 Å². The monoisotopic (exact) mass is 278 g/mol. The van der Waals surface area contributed by atoms with Crippen molar-refractivity contribution in [3.8, 4) is 0 Å². The third kappa shape index (κ3) is 2.78. The molecular formula is C13H18N4OS. The highest BCUT2D eigenvalue weighted by molar-refractivity contribution is 7.11. The van der Waals surface area contributed by atoms with Gasteiger partial charge in [0.1, 0.15) is 5.69 Å². The van der Waals surface area contributed by atoms with Crippen molar-refractivity contribution >= 4 is 22.9 Å². The van der Waals surface area contributed by atoms with E-state index in [2.05, 4.69) is 23.4 Å². The van der Waals surface area contributed by atoms with Crippen molar-refractivity contribution in [3.05, 3.63) is 33.3 Å². The van der Waals surface area contributed by atoms with Gasteiger partial charge >= 0.3 is 0 Å². The molecule has 2 rings (SSSR count). The Bertz CT molecular complexity index is 600. The number of hydrogen-bond acceptors (Lipinski definition) is 4. The predicted molar refractivity (Wildman–Crippen MR) is 77.2 cm³/mol. The summed E-state index contributed by atoms with van der Waals surface area (Å²) < 4.78 is 1.52. The highest BCUT2D eigenvalue weighted by Gasteiger charge is 2.17. The highest BCUT2D eigenvalue weighted by Crippen LogP contribution is 2.18. The van der Waals surface area contributed by atoms with Gasteiger partial charge in [-0.25, -0.2) is 0 Å². The summed E-state index contributed by atoms with van der Waals surface area (Å²) >= 11 is 1.72. The second-order valence-electron chi connectivity index (χ2n) is 4.38. The summed E-state index contributed by atoms with van der Waals surface area (Å²) in [5.74, 6) is -0.188. The molecular weight excluding hydrogens is 260 g/mol. The fourth-order valence-electron chi connectivity index (χ4n) is 1.90. The summed E-state index contributed by atoms with van der Waals surface area (Å²) in [4.78, 5) is 14.6. The van der Waals surface area contributed by atoms with E-state index >= 15 is 0 Å². The lowest BCUT2D eigenvalue weighted by Crippen LogP contribution is -2.25. The molecule has 0 saturated heterocycles. The van der Waals surface area contributed by atoms with Crippen LogP contribution in [-0.2, 0) is 20.0 Å². The van der Waals surface area contributed by atoms with Crippen LogP contribution >= 0.6 is 11.3 Å². The summed E-state index contributed by atoms with van der Waals surface area (Å²) in [5.41, 5.74) is 7.40. The van der Waals surface area contributed by atoms with E-state index in [9.17, 15) is 4.79 Å². The van der Waals surface area contributed by atoms with E-state index < -0.39 is 0 Å². The Hall–Kier alpha value is -1.82. The number of aromatic nitrogens is 2. The number of carbonyl (C=O) groups is 1. The third-order valence-corrected chi connectivity index (χ3v) is 4.20. The van der Waals surface area contributed by atoms with E-state index in [4.69, 9.17) is 5.73 Å². The minimum absolute atomic E-state index is 0.188. The molecule has 0 aromatic carbocycles. The van der Waals surface area contributed by atoms with Gasteiger partial charge in [-0.05, 0) is 25.5 Å².